The maximum Gasteiger partial charge on any atom is 0.161 e. The quantitative estimate of drug-likeness (QED) is 0.751. The van der Waals surface area contributed by atoms with Gasteiger partial charge in [0.05, 0.1) is 39.6 Å². The van der Waals surface area contributed by atoms with Crippen LogP contribution in [0.2, 0.25) is 0 Å². The summed E-state index contributed by atoms with van der Waals surface area (Å²) in [4.78, 5) is 0. The number of rotatable bonds is 9. The van der Waals surface area contributed by atoms with Crippen molar-refractivity contribution in [2.45, 2.75) is 19.1 Å². The molecule has 1 N–H and O–H groups in total. The van der Waals surface area contributed by atoms with Crippen LogP contribution >= 0.6 is 0 Å². The Morgan fingerprint density at radius 3 is 2.30 bits per heavy atom. The second-order valence-electron chi connectivity index (χ2n) is 4.55. The molecule has 0 fully saturated rings. The van der Waals surface area contributed by atoms with E-state index in [2.05, 4.69) is 5.32 Å². The molecule has 2 unspecified atom stereocenters. The normalized spacial score (nSPS) is 13.8. The van der Waals surface area contributed by atoms with Crippen molar-refractivity contribution in [2.75, 3.05) is 41.6 Å². The number of hydrogen-bond acceptors (Lipinski definition) is 5. The van der Waals surface area contributed by atoms with Crippen molar-refractivity contribution in [2.24, 2.45) is 0 Å². The summed E-state index contributed by atoms with van der Waals surface area (Å²) in [6.45, 7) is 3.14. The molecule has 0 aliphatic carbocycles. The molecule has 0 saturated heterocycles. The third-order valence-corrected chi connectivity index (χ3v) is 3.11. The highest BCUT2D eigenvalue weighted by Crippen LogP contribution is 2.30. The zero-order valence-corrected chi connectivity index (χ0v) is 12.9. The van der Waals surface area contributed by atoms with Crippen LogP contribution in [0.4, 0.5) is 0 Å². The largest absolute Gasteiger partial charge is 0.493 e. The fraction of sp³-hybridized carbons (Fsp3) is 0.600. The van der Waals surface area contributed by atoms with E-state index in [1.165, 1.54) is 0 Å². The first-order valence-corrected chi connectivity index (χ1v) is 6.66. The summed E-state index contributed by atoms with van der Waals surface area (Å²) in [5, 5.41) is 3.24. The molecule has 0 aromatic heterocycles. The highest BCUT2D eigenvalue weighted by atomic mass is 16.5. The Balaban J connectivity index is 2.74. The van der Waals surface area contributed by atoms with E-state index in [-0.39, 0.29) is 12.1 Å². The molecule has 0 radical (unpaired) electrons. The van der Waals surface area contributed by atoms with Crippen molar-refractivity contribution >= 4 is 0 Å². The molecule has 114 valence electrons. The van der Waals surface area contributed by atoms with Crippen LogP contribution in [0, 0.1) is 0 Å². The van der Waals surface area contributed by atoms with E-state index in [0.717, 1.165) is 17.1 Å². The predicted octanol–water partition coefficient (Wildman–Crippen LogP) is 2.02. The van der Waals surface area contributed by atoms with Crippen LogP contribution in [0.5, 0.6) is 11.5 Å². The number of hydrogen-bond donors (Lipinski definition) is 1. The summed E-state index contributed by atoms with van der Waals surface area (Å²) < 4.78 is 21.4. The van der Waals surface area contributed by atoms with E-state index in [9.17, 15) is 0 Å². The molecule has 0 aliphatic heterocycles. The molecule has 5 nitrogen and oxygen atoms in total. The molecule has 2 atom stereocenters. The zero-order chi connectivity index (χ0) is 15.0. The number of likely N-dealkylation sites (N-methyl/N-ethyl adjacent to an activating group) is 1. The van der Waals surface area contributed by atoms with E-state index >= 15 is 0 Å². The Morgan fingerprint density at radius 1 is 1.05 bits per heavy atom. The van der Waals surface area contributed by atoms with E-state index < -0.39 is 0 Å². The van der Waals surface area contributed by atoms with Crippen LogP contribution in [0.1, 0.15) is 18.5 Å². The van der Waals surface area contributed by atoms with E-state index in [1.807, 2.05) is 32.2 Å². The minimum absolute atomic E-state index is 0.0657. The second kappa shape index (κ2) is 8.79. The lowest BCUT2D eigenvalue weighted by atomic mass is 10.1. The Bertz CT molecular complexity index is 397. The van der Waals surface area contributed by atoms with Gasteiger partial charge in [0.2, 0.25) is 0 Å². The lowest BCUT2D eigenvalue weighted by molar-refractivity contribution is 0.000191. The molecular weight excluding hydrogens is 258 g/mol. The van der Waals surface area contributed by atoms with E-state index in [1.54, 1.807) is 21.3 Å². The Morgan fingerprint density at radius 2 is 1.75 bits per heavy atom. The van der Waals surface area contributed by atoms with Gasteiger partial charge in [0.25, 0.3) is 0 Å². The first-order valence-electron chi connectivity index (χ1n) is 6.66. The molecule has 20 heavy (non-hydrogen) atoms. The van der Waals surface area contributed by atoms with Crippen LogP contribution in [0.25, 0.3) is 0 Å². The molecule has 0 aliphatic rings. The van der Waals surface area contributed by atoms with Gasteiger partial charge >= 0.3 is 0 Å². The van der Waals surface area contributed by atoms with Gasteiger partial charge in [0.1, 0.15) is 0 Å². The third-order valence-electron chi connectivity index (χ3n) is 3.11. The van der Waals surface area contributed by atoms with E-state index in [0.29, 0.717) is 13.2 Å². The van der Waals surface area contributed by atoms with Crippen LogP contribution in [-0.2, 0) is 9.47 Å². The number of ether oxygens (including phenoxy) is 4. The first-order chi connectivity index (χ1) is 9.65. The summed E-state index contributed by atoms with van der Waals surface area (Å²) in [6.07, 6.45) is 0.0657. The molecule has 0 bridgehead atoms. The average molecular weight is 283 g/mol. The summed E-state index contributed by atoms with van der Waals surface area (Å²) in [6, 6.07) is 5.96. The summed E-state index contributed by atoms with van der Waals surface area (Å²) in [5.41, 5.74) is 1.09. The molecule has 5 heteroatoms. The van der Waals surface area contributed by atoms with E-state index in [4.69, 9.17) is 18.9 Å². The summed E-state index contributed by atoms with van der Waals surface area (Å²) in [7, 11) is 6.84. The van der Waals surface area contributed by atoms with Crippen molar-refractivity contribution in [1.82, 2.24) is 5.32 Å². The maximum atomic E-state index is 5.76. The lowest BCUT2D eigenvalue weighted by Gasteiger charge is -2.21. The average Bonchev–Trinajstić information content (AvgIpc) is 2.47. The highest BCUT2D eigenvalue weighted by molar-refractivity contribution is 5.43. The number of nitrogens with one attached hydrogen (secondary N) is 1. The van der Waals surface area contributed by atoms with Crippen LogP contribution in [0.15, 0.2) is 18.2 Å². The Hall–Kier alpha value is -1.30. The SMILES string of the molecule is CNC(COC(C)COC)c1ccc(OC)c(OC)c1. The molecule has 1 aromatic rings. The minimum Gasteiger partial charge on any atom is -0.493 e. The van der Waals surface area contributed by atoms with Gasteiger partial charge in [-0.25, -0.2) is 0 Å². The lowest BCUT2D eigenvalue weighted by Crippen LogP contribution is -2.26. The summed E-state index contributed by atoms with van der Waals surface area (Å²) in [5.74, 6) is 1.44. The van der Waals surface area contributed by atoms with Crippen molar-refractivity contribution in [1.29, 1.82) is 0 Å². The fourth-order valence-electron chi connectivity index (χ4n) is 1.96. The van der Waals surface area contributed by atoms with Crippen LogP contribution in [-0.4, -0.2) is 47.7 Å². The molecular formula is C15H25NO4. The number of benzene rings is 1. The Kier molecular flexibility index (Phi) is 7.36. The van der Waals surface area contributed by atoms with Crippen LogP contribution < -0.4 is 14.8 Å². The van der Waals surface area contributed by atoms with Gasteiger partial charge in [0.15, 0.2) is 11.5 Å². The number of methoxy groups -OCH3 is 3. The first kappa shape index (κ1) is 16.8. The molecule has 0 saturated carbocycles. The molecule has 1 rings (SSSR count). The van der Waals surface area contributed by atoms with Gasteiger partial charge in [-0.2, -0.15) is 0 Å². The molecule has 1 aromatic carbocycles. The van der Waals surface area contributed by atoms with Gasteiger partial charge < -0.3 is 24.3 Å². The molecule has 0 heterocycles. The fourth-order valence-corrected chi connectivity index (χ4v) is 1.96. The minimum atomic E-state index is 0.0657. The van der Waals surface area contributed by atoms with Gasteiger partial charge in [0, 0.05) is 7.11 Å². The standard InChI is InChI=1S/C15H25NO4/c1-11(9-17-3)20-10-13(16-2)12-6-7-14(18-4)15(8-12)19-5/h6-8,11,13,16H,9-10H2,1-5H3. The predicted molar refractivity (Wildman–Crippen MR) is 78.6 cm³/mol. The smallest absolute Gasteiger partial charge is 0.161 e. The van der Waals surface area contributed by atoms with Crippen molar-refractivity contribution in [3.63, 3.8) is 0 Å². The van der Waals surface area contributed by atoms with Gasteiger partial charge in [-0.3, -0.25) is 0 Å². The maximum absolute atomic E-state index is 5.76. The van der Waals surface area contributed by atoms with Gasteiger partial charge in [-0.1, -0.05) is 6.07 Å². The Labute approximate surface area is 121 Å². The van der Waals surface area contributed by atoms with Gasteiger partial charge in [-0.15, -0.1) is 0 Å². The van der Waals surface area contributed by atoms with Crippen molar-refractivity contribution in [3.05, 3.63) is 23.8 Å². The molecule has 0 spiro atoms. The highest BCUT2D eigenvalue weighted by Gasteiger charge is 2.14. The van der Waals surface area contributed by atoms with Gasteiger partial charge in [-0.05, 0) is 31.7 Å². The molecule has 0 amide bonds. The summed E-state index contributed by atoms with van der Waals surface area (Å²) >= 11 is 0. The van der Waals surface area contributed by atoms with Crippen molar-refractivity contribution in [3.8, 4) is 11.5 Å². The zero-order valence-electron chi connectivity index (χ0n) is 12.9. The second-order valence-corrected chi connectivity index (χ2v) is 4.55. The monoisotopic (exact) mass is 283 g/mol. The third kappa shape index (κ3) is 4.67. The topological polar surface area (TPSA) is 49.0 Å². The van der Waals surface area contributed by atoms with Crippen molar-refractivity contribution < 1.29 is 18.9 Å². The van der Waals surface area contributed by atoms with Crippen LogP contribution in [0.3, 0.4) is 0 Å².